The third-order valence-corrected chi connectivity index (χ3v) is 8.29. The molecule has 6 nitrogen and oxygen atoms in total. The van der Waals surface area contributed by atoms with Crippen molar-refractivity contribution in [2.45, 2.75) is 60.4 Å². The molecule has 1 aliphatic heterocycles. The van der Waals surface area contributed by atoms with Crippen LogP contribution in [0.25, 0.3) is 11.0 Å². The van der Waals surface area contributed by atoms with Crippen molar-refractivity contribution in [3.8, 4) is 0 Å². The van der Waals surface area contributed by atoms with Crippen LogP contribution < -0.4 is 10.9 Å². The summed E-state index contributed by atoms with van der Waals surface area (Å²) in [5.41, 5.74) is 10.5. The summed E-state index contributed by atoms with van der Waals surface area (Å²) in [6.45, 7) is 2.95. The molecule has 1 saturated heterocycles. The lowest BCUT2D eigenvalue weighted by Gasteiger charge is -2.37. The fourth-order valence-corrected chi connectivity index (χ4v) is 5.95. The van der Waals surface area contributed by atoms with E-state index in [1.165, 1.54) is 6.20 Å². The normalized spacial score (nSPS) is 24.5. The number of aromatic nitrogens is 2. The number of sulfone groups is 1. The zero-order chi connectivity index (χ0) is 20.8. The number of hydrazine groups is 1. The number of para-hydroxylation sites is 1. The van der Waals surface area contributed by atoms with Crippen LogP contribution in [0.4, 0.5) is 0 Å². The Hall–Kier alpha value is -2.35. The van der Waals surface area contributed by atoms with E-state index in [1.54, 1.807) is 24.3 Å². The number of aryl methyl sites for hydroxylation is 1. The van der Waals surface area contributed by atoms with Gasteiger partial charge in [-0.25, -0.2) is 13.4 Å². The smallest absolute Gasteiger partial charge is 0.225 e. The third kappa shape index (κ3) is 3.41. The molecule has 2 fully saturated rings. The van der Waals surface area contributed by atoms with E-state index in [2.05, 4.69) is 26.9 Å². The van der Waals surface area contributed by atoms with Crippen molar-refractivity contribution in [1.82, 2.24) is 20.8 Å². The summed E-state index contributed by atoms with van der Waals surface area (Å²) >= 11 is 0. The van der Waals surface area contributed by atoms with Gasteiger partial charge in [0.1, 0.15) is 0 Å². The minimum absolute atomic E-state index is 0.0141. The molecule has 7 heteroatoms. The van der Waals surface area contributed by atoms with Crippen LogP contribution in [-0.2, 0) is 9.84 Å². The molecule has 2 N–H and O–H groups in total. The lowest BCUT2D eigenvalue weighted by atomic mass is 9.73. The maximum atomic E-state index is 13.1. The molecule has 0 radical (unpaired) electrons. The molecule has 1 saturated carbocycles. The summed E-state index contributed by atoms with van der Waals surface area (Å²) in [6, 6.07) is 12.9. The highest BCUT2D eigenvalue weighted by Crippen LogP contribution is 2.41. The molecule has 2 aromatic carbocycles. The summed E-state index contributed by atoms with van der Waals surface area (Å²) in [6.07, 6.45) is 6.87. The van der Waals surface area contributed by atoms with Gasteiger partial charge in [0, 0.05) is 12.1 Å². The first-order valence-electron chi connectivity index (χ1n) is 10.5. The van der Waals surface area contributed by atoms with Crippen LogP contribution in [0.5, 0.6) is 0 Å². The van der Waals surface area contributed by atoms with Crippen LogP contribution in [-0.4, -0.2) is 30.5 Å². The molecular formula is C23H26N4O2S. The van der Waals surface area contributed by atoms with E-state index in [1.807, 2.05) is 19.1 Å². The summed E-state index contributed by atoms with van der Waals surface area (Å²) in [5.74, 6) is 0.369. The van der Waals surface area contributed by atoms with Gasteiger partial charge in [-0.2, -0.15) is 0 Å². The largest absolute Gasteiger partial charge is 0.257 e. The second-order valence-electron chi connectivity index (χ2n) is 8.60. The molecule has 0 amide bonds. The van der Waals surface area contributed by atoms with Gasteiger partial charge < -0.3 is 0 Å². The van der Waals surface area contributed by atoms with Crippen molar-refractivity contribution >= 4 is 20.9 Å². The standard InChI is InChI=1S/C23H26N4O2S/c1-16-5-7-18(8-6-16)30(28,29)21-15-24-20-4-2-3-19(22(20)26-21)17-9-11-23(12-10-17)13-14-25-27-23/h2-8,15,17,25,27H,9-14H2,1H3. The Kier molecular flexibility index (Phi) is 4.84. The molecule has 30 heavy (non-hydrogen) atoms. The minimum Gasteiger partial charge on any atom is -0.257 e. The van der Waals surface area contributed by atoms with Crippen LogP contribution in [0.2, 0.25) is 0 Å². The zero-order valence-corrected chi connectivity index (χ0v) is 17.9. The van der Waals surface area contributed by atoms with Crippen molar-refractivity contribution in [2.75, 3.05) is 6.54 Å². The average Bonchev–Trinajstić information content (AvgIpc) is 3.22. The Morgan fingerprint density at radius 2 is 1.80 bits per heavy atom. The van der Waals surface area contributed by atoms with Gasteiger partial charge in [0.15, 0.2) is 5.03 Å². The fourth-order valence-electron chi connectivity index (χ4n) is 4.81. The van der Waals surface area contributed by atoms with Crippen LogP contribution in [0.15, 0.2) is 58.6 Å². The second kappa shape index (κ2) is 7.41. The minimum atomic E-state index is -3.70. The third-order valence-electron chi connectivity index (χ3n) is 6.65. The first kappa shape index (κ1) is 19.6. The van der Waals surface area contributed by atoms with Crippen LogP contribution in [0, 0.1) is 6.92 Å². The molecule has 2 heterocycles. The van der Waals surface area contributed by atoms with Crippen molar-refractivity contribution in [1.29, 1.82) is 0 Å². The highest BCUT2D eigenvalue weighted by molar-refractivity contribution is 7.91. The van der Waals surface area contributed by atoms with Gasteiger partial charge in [0.2, 0.25) is 9.84 Å². The lowest BCUT2D eigenvalue weighted by Crippen LogP contribution is -2.46. The summed E-state index contributed by atoms with van der Waals surface area (Å²) in [5, 5.41) is 0.0141. The van der Waals surface area contributed by atoms with Crippen LogP contribution in [0.3, 0.4) is 0 Å². The van der Waals surface area contributed by atoms with Gasteiger partial charge >= 0.3 is 0 Å². The molecule has 0 unspecified atom stereocenters. The maximum absolute atomic E-state index is 13.1. The molecule has 2 aliphatic rings. The molecule has 0 bridgehead atoms. The topological polar surface area (TPSA) is 84.0 Å². The van der Waals surface area contributed by atoms with Gasteiger partial charge in [-0.3, -0.25) is 15.8 Å². The summed E-state index contributed by atoms with van der Waals surface area (Å²) < 4.78 is 26.3. The lowest BCUT2D eigenvalue weighted by molar-refractivity contribution is 0.235. The Morgan fingerprint density at radius 1 is 1.03 bits per heavy atom. The number of benzene rings is 2. The van der Waals surface area contributed by atoms with Crippen LogP contribution >= 0.6 is 0 Å². The average molecular weight is 423 g/mol. The maximum Gasteiger partial charge on any atom is 0.225 e. The first-order valence-corrected chi connectivity index (χ1v) is 12.0. The molecular weight excluding hydrogens is 396 g/mol. The Morgan fingerprint density at radius 3 is 2.50 bits per heavy atom. The zero-order valence-electron chi connectivity index (χ0n) is 17.1. The van der Waals surface area contributed by atoms with Crippen molar-refractivity contribution in [2.24, 2.45) is 0 Å². The SMILES string of the molecule is Cc1ccc(S(=O)(=O)c2cnc3cccc(C4CCC5(CCNN5)CC4)c3n2)cc1. The van der Waals surface area contributed by atoms with Crippen molar-refractivity contribution in [3.05, 3.63) is 59.8 Å². The molecule has 3 aromatic rings. The van der Waals surface area contributed by atoms with Crippen molar-refractivity contribution in [3.63, 3.8) is 0 Å². The van der Waals surface area contributed by atoms with Gasteiger partial charge in [0.25, 0.3) is 0 Å². The Labute approximate surface area is 177 Å². The van der Waals surface area contributed by atoms with Gasteiger partial charge in [-0.15, -0.1) is 0 Å². The van der Waals surface area contributed by atoms with E-state index >= 15 is 0 Å². The molecule has 1 spiro atoms. The first-order chi connectivity index (χ1) is 14.5. The Balaban J connectivity index is 1.51. The number of rotatable bonds is 3. The highest BCUT2D eigenvalue weighted by Gasteiger charge is 2.38. The van der Waals surface area contributed by atoms with Gasteiger partial charge in [-0.1, -0.05) is 29.8 Å². The van der Waals surface area contributed by atoms with E-state index in [4.69, 9.17) is 0 Å². The number of hydrogen-bond acceptors (Lipinski definition) is 6. The molecule has 5 rings (SSSR count). The monoisotopic (exact) mass is 422 g/mol. The van der Waals surface area contributed by atoms with Gasteiger partial charge in [0.05, 0.1) is 22.1 Å². The predicted octanol–water partition coefficient (Wildman–Crippen LogP) is 3.67. The van der Waals surface area contributed by atoms with E-state index in [0.717, 1.165) is 55.3 Å². The number of nitrogens with zero attached hydrogens (tertiary/aromatic N) is 2. The predicted molar refractivity (Wildman–Crippen MR) is 116 cm³/mol. The highest BCUT2D eigenvalue weighted by atomic mass is 32.2. The molecule has 1 aliphatic carbocycles. The van der Waals surface area contributed by atoms with E-state index in [9.17, 15) is 8.42 Å². The summed E-state index contributed by atoms with van der Waals surface area (Å²) in [4.78, 5) is 9.33. The number of nitrogens with one attached hydrogen (secondary N) is 2. The van der Waals surface area contributed by atoms with Crippen LogP contribution in [0.1, 0.15) is 49.1 Å². The molecule has 1 aromatic heterocycles. The fraction of sp³-hybridized carbons (Fsp3) is 0.391. The second-order valence-corrected chi connectivity index (χ2v) is 10.5. The molecule has 156 valence electrons. The number of fused-ring (bicyclic) bond motifs is 1. The van der Waals surface area contributed by atoms with E-state index in [-0.39, 0.29) is 15.5 Å². The van der Waals surface area contributed by atoms with E-state index < -0.39 is 9.84 Å². The number of hydrogen-bond donors (Lipinski definition) is 2. The van der Waals surface area contributed by atoms with Crippen molar-refractivity contribution < 1.29 is 8.42 Å². The van der Waals surface area contributed by atoms with E-state index in [0.29, 0.717) is 11.4 Å². The Bertz CT molecular complexity index is 1180. The van der Waals surface area contributed by atoms with Gasteiger partial charge in [-0.05, 0) is 68.7 Å². The quantitative estimate of drug-likeness (QED) is 0.670. The molecule has 0 atom stereocenters. The summed E-state index contributed by atoms with van der Waals surface area (Å²) in [7, 11) is -3.70.